The van der Waals surface area contributed by atoms with Crippen molar-refractivity contribution in [1.82, 2.24) is 9.13 Å². The van der Waals surface area contributed by atoms with Crippen LogP contribution >= 0.6 is 0 Å². The first-order valence-electron chi connectivity index (χ1n) is 14.7. The fraction of sp³-hybridized carbons (Fsp3) is 0.158. The molecule has 0 aliphatic heterocycles. The van der Waals surface area contributed by atoms with Crippen LogP contribution in [-0.2, 0) is 14.1 Å². The van der Waals surface area contributed by atoms with Gasteiger partial charge in [0.25, 0.3) is 11.1 Å². The van der Waals surface area contributed by atoms with Crippen LogP contribution in [0.1, 0.15) is 0 Å². The zero-order chi connectivity index (χ0) is 32.5. The van der Waals surface area contributed by atoms with E-state index in [0.717, 1.165) is 22.3 Å². The summed E-state index contributed by atoms with van der Waals surface area (Å²) in [6, 6.07) is 30.0. The van der Waals surface area contributed by atoms with E-state index in [4.69, 9.17) is 18.9 Å². The number of hydrogen-bond acceptors (Lipinski definition) is 6. The molecule has 0 spiro atoms. The van der Waals surface area contributed by atoms with E-state index in [2.05, 4.69) is 0 Å². The molecule has 0 amide bonds. The van der Waals surface area contributed by atoms with Gasteiger partial charge in [0.05, 0.1) is 50.6 Å². The summed E-state index contributed by atoms with van der Waals surface area (Å²) in [5.74, 6) is 2.72. The summed E-state index contributed by atoms with van der Waals surface area (Å²) >= 11 is 0. The Labute approximate surface area is 266 Å². The van der Waals surface area contributed by atoms with Crippen LogP contribution in [0.5, 0.6) is 23.0 Å². The van der Waals surface area contributed by atoms with Gasteiger partial charge in [0.15, 0.2) is 0 Å². The van der Waals surface area contributed by atoms with Crippen molar-refractivity contribution < 1.29 is 18.9 Å². The maximum absolute atomic E-state index is 14.7. The van der Waals surface area contributed by atoms with Crippen LogP contribution in [0.4, 0.5) is 0 Å². The fourth-order valence-electron chi connectivity index (χ4n) is 6.04. The monoisotopic (exact) mass is 614 g/mol. The van der Waals surface area contributed by atoms with Gasteiger partial charge in [0.2, 0.25) is 0 Å². The normalized spacial score (nSPS) is 11.0. The van der Waals surface area contributed by atoms with Crippen LogP contribution in [0.25, 0.3) is 55.5 Å². The minimum absolute atomic E-state index is 0.295. The van der Waals surface area contributed by atoms with Crippen molar-refractivity contribution in [3.8, 4) is 67.8 Å². The molecule has 2 aromatic heterocycles. The van der Waals surface area contributed by atoms with Crippen molar-refractivity contribution in [3.05, 3.63) is 118 Å². The first-order valence-corrected chi connectivity index (χ1v) is 14.7. The largest absolute Gasteiger partial charge is 0.497 e. The van der Waals surface area contributed by atoms with Crippen LogP contribution in [0.15, 0.2) is 107 Å². The highest BCUT2D eigenvalue weighted by Crippen LogP contribution is 2.42. The predicted molar refractivity (Wildman–Crippen MR) is 182 cm³/mol. The Hall–Kier alpha value is -5.76. The molecule has 0 N–H and O–H groups in total. The van der Waals surface area contributed by atoms with E-state index in [0.29, 0.717) is 56.3 Å². The summed E-state index contributed by atoms with van der Waals surface area (Å²) < 4.78 is 25.0. The first-order chi connectivity index (χ1) is 22.3. The minimum atomic E-state index is -0.295. The smallest absolute Gasteiger partial charge is 0.259 e. The van der Waals surface area contributed by atoms with Crippen molar-refractivity contribution >= 4 is 10.8 Å². The highest BCUT2D eigenvalue weighted by molar-refractivity contribution is 6.10. The van der Waals surface area contributed by atoms with Crippen molar-refractivity contribution in [1.29, 1.82) is 0 Å². The van der Waals surface area contributed by atoms with Crippen LogP contribution in [0.3, 0.4) is 0 Å². The summed E-state index contributed by atoms with van der Waals surface area (Å²) in [6.07, 6.45) is 0. The number of nitrogens with zero attached hydrogens (tertiary/aromatic N) is 2. The van der Waals surface area contributed by atoms with Crippen molar-refractivity contribution in [3.63, 3.8) is 0 Å². The Bertz CT molecular complexity index is 2000. The van der Waals surface area contributed by atoms with Crippen LogP contribution in [0.2, 0.25) is 0 Å². The molecule has 46 heavy (non-hydrogen) atoms. The SMILES string of the molecule is COc1ccc(-c2c(-c3ccc(OC)cc3)n(C)c(=O)c3c(-c4ccc(OC)cc4)c(-c4ccc(OC)cc4)n(C)c(=O)c23)cc1. The molecule has 0 unspecified atom stereocenters. The highest BCUT2D eigenvalue weighted by Gasteiger charge is 2.27. The zero-order valence-corrected chi connectivity index (χ0v) is 26.6. The molecule has 0 saturated heterocycles. The van der Waals surface area contributed by atoms with Gasteiger partial charge >= 0.3 is 0 Å². The van der Waals surface area contributed by atoms with E-state index >= 15 is 0 Å². The molecule has 2 heterocycles. The lowest BCUT2D eigenvalue weighted by atomic mass is 9.89. The molecule has 0 fully saturated rings. The topological polar surface area (TPSA) is 80.9 Å². The van der Waals surface area contributed by atoms with Gasteiger partial charge in [-0.25, -0.2) is 0 Å². The second-order valence-corrected chi connectivity index (χ2v) is 10.8. The molecule has 0 aliphatic carbocycles. The third-order valence-electron chi connectivity index (χ3n) is 8.42. The Morgan fingerprint density at radius 2 is 0.630 bits per heavy atom. The molecule has 0 saturated carbocycles. The Balaban J connectivity index is 1.84. The number of ether oxygens (including phenoxy) is 4. The average molecular weight is 615 g/mol. The Kier molecular flexibility index (Phi) is 8.11. The molecule has 8 heteroatoms. The summed E-state index contributed by atoms with van der Waals surface area (Å²) in [5.41, 5.74) is 4.97. The second-order valence-electron chi connectivity index (χ2n) is 10.8. The highest BCUT2D eigenvalue weighted by atomic mass is 16.5. The number of methoxy groups -OCH3 is 4. The number of benzene rings is 4. The van der Waals surface area contributed by atoms with Gasteiger partial charge in [0, 0.05) is 25.2 Å². The van der Waals surface area contributed by atoms with Gasteiger partial charge in [-0.15, -0.1) is 0 Å². The average Bonchev–Trinajstić information content (AvgIpc) is 3.11. The van der Waals surface area contributed by atoms with Crippen LogP contribution in [0, 0.1) is 0 Å². The lowest BCUT2D eigenvalue weighted by molar-refractivity contribution is 0.414. The Morgan fingerprint density at radius 3 is 0.870 bits per heavy atom. The lowest BCUT2D eigenvalue weighted by Crippen LogP contribution is -2.28. The molecule has 6 aromatic rings. The molecule has 0 bridgehead atoms. The van der Waals surface area contributed by atoms with Gasteiger partial charge in [-0.3, -0.25) is 9.59 Å². The molecule has 0 aliphatic rings. The van der Waals surface area contributed by atoms with E-state index in [1.165, 1.54) is 0 Å². The van der Waals surface area contributed by atoms with Gasteiger partial charge in [-0.2, -0.15) is 0 Å². The molecule has 6 rings (SSSR count). The maximum atomic E-state index is 14.7. The molecule has 0 atom stereocenters. The molecule has 4 aromatic carbocycles. The number of aromatic nitrogens is 2. The second kappa shape index (κ2) is 12.3. The number of pyridine rings is 2. The van der Waals surface area contributed by atoms with Gasteiger partial charge in [-0.05, 0) is 95.1 Å². The summed E-state index contributed by atoms with van der Waals surface area (Å²) in [5, 5.41) is 0.648. The van der Waals surface area contributed by atoms with Gasteiger partial charge in [-0.1, -0.05) is 24.3 Å². The van der Waals surface area contributed by atoms with Crippen LogP contribution < -0.4 is 30.1 Å². The number of fused-ring (bicyclic) bond motifs is 1. The van der Waals surface area contributed by atoms with E-state index < -0.39 is 0 Å². The molecule has 0 radical (unpaired) electrons. The van der Waals surface area contributed by atoms with Crippen molar-refractivity contribution in [2.45, 2.75) is 0 Å². The van der Waals surface area contributed by atoms with Crippen molar-refractivity contribution in [2.75, 3.05) is 28.4 Å². The maximum Gasteiger partial charge on any atom is 0.259 e. The summed E-state index contributed by atoms with van der Waals surface area (Å²) in [6.45, 7) is 0. The number of hydrogen-bond donors (Lipinski definition) is 0. The first kappa shape index (κ1) is 30.3. The van der Waals surface area contributed by atoms with E-state index in [1.54, 1.807) is 51.7 Å². The minimum Gasteiger partial charge on any atom is -0.497 e. The summed E-state index contributed by atoms with van der Waals surface area (Å²) in [4.78, 5) is 29.4. The quantitative estimate of drug-likeness (QED) is 0.185. The summed E-state index contributed by atoms with van der Waals surface area (Å²) in [7, 11) is 9.92. The van der Waals surface area contributed by atoms with Crippen molar-refractivity contribution in [2.24, 2.45) is 14.1 Å². The van der Waals surface area contributed by atoms with E-state index in [1.807, 2.05) is 97.1 Å². The standard InChI is InChI=1S/C38H34N2O6/c1-39-35(25-11-19-29(45-5)20-12-25)31(23-7-15-27(43-3)16-8-23)34-33(37(39)41)32(24-9-17-28(44-4)18-10-24)36(40(2)38(34)42)26-13-21-30(46-6)22-14-26/h7-22H,1-6H3. The molecule has 8 nitrogen and oxygen atoms in total. The fourth-order valence-corrected chi connectivity index (χ4v) is 6.04. The molecular weight excluding hydrogens is 580 g/mol. The van der Waals surface area contributed by atoms with Crippen LogP contribution in [-0.4, -0.2) is 37.6 Å². The molecule has 232 valence electrons. The predicted octanol–water partition coefficient (Wildman–Crippen LogP) is 6.94. The number of rotatable bonds is 8. The molecular formula is C38H34N2O6. The van der Waals surface area contributed by atoms with Gasteiger partial charge in [0.1, 0.15) is 23.0 Å². The Morgan fingerprint density at radius 1 is 0.391 bits per heavy atom. The third kappa shape index (κ3) is 5.07. The zero-order valence-electron chi connectivity index (χ0n) is 26.6. The van der Waals surface area contributed by atoms with Gasteiger partial charge < -0.3 is 28.1 Å². The third-order valence-corrected chi connectivity index (χ3v) is 8.42. The lowest BCUT2D eigenvalue weighted by Gasteiger charge is -2.23. The van der Waals surface area contributed by atoms with E-state index in [9.17, 15) is 9.59 Å². The van der Waals surface area contributed by atoms with E-state index in [-0.39, 0.29) is 11.1 Å².